The fourth-order valence-corrected chi connectivity index (χ4v) is 3.98. The number of hydrogen-bond donors (Lipinski definition) is 2. The van der Waals surface area contributed by atoms with Crippen molar-refractivity contribution in [2.45, 2.75) is 19.0 Å². The first-order chi connectivity index (χ1) is 13.7. The van der Waals surface area contributed by atoms with Crippen molar-refractivity contribution < 1.29 is 4.79 Å². The molecule has 1 saturated heterocycles. The van der Waals surface area contributed by atoms with Gasteiger partial charge >= 0.3 is 0 Å². The van der Waals surface area contributed by atoms with Crippen LogP contribution in [-0.4, -0.2) is 51.1 Å². The third kappa shape index (κ3) is 4.49. The van der Waals surface area contributed by atoms with Crippen LogP contribution in [0.2, 0.25) is 5.15 Å². The topological polar surface area (TPSA) is 88.0 Å². The molecule has 4 heterocycles. The molecule has 1 aliphatic rings. The van der Waals surface area contributed by atoms with Crippen molar-refractivity contribution in [1.82, 2.24) is 30.2 Å². The lowest BCUT2D eigenvalue weighted by Gasteiger charge is -2.37. The lowest BCUT2D eigenvalue weighted by Crippen LogP contribution is -2.53. The summed E-state index contributed by atoms with van der Waals surface area (Å²) in [4.78, 5) is 28.7. The van der Waals surface area contributed by atoms with Crippen LogP contribution in [0.3, 0.4) is 0 Å². The van der Waals surface area contributed by atoms with E-state index in [4.69, 9.17) is 11.6 Å². The lowest BCUT2D eigenvalue weighted by atomic mass is 10.1. The highest BCUT2D eigenvalue weighted by Crippen LogP contribution is 2.22. The Hall–Kier alpha value is -2.49. The van der Waals surface area contributed by atoms with Crippen LogP contribution < -0.4 is 15.5 Å². The Morgan fingerprint density at radius 2 is 2.36 bits per heavy atom. The second-order valence-electron chi connectivity index (χ2n) is 6.43. The van der Waals surface area contributed by atoms with Gasteiger partial charge in [0.05, 0.1) is 12.6 Å². The van der Waals surface area contributed by atoms with Gasteiger partial charge in [-0.05, 0) is 11.4 Å². The van der Waals surface area contributed by atoms with Gasteiger partial charge in [0.2, 0.25) is 11.9 Å². The van der Waals surface area contributed by atoms with Gasteiger partial charge in [-0.3, -0.25) is 9.36 Å². The van der Waals surface area contributed by atoms with E-state index in [1.165, 1.54) is 0 Å². The standard InChI is InChI=1S/C18H20ClN7OS/c19-15-9-16(24-18(23-15)25-5-3-21-12-25)26-6-4-20-10-13(26)8-17(27)22-11-14-2-1-7-28-14/h1-3,5,7,9,12-13,20H,4,6,8,10-11H2,(H,22,27). The maximum Gasteiger partial charge on any atom is 0.238 e. The Kier molecular flexibility index (Phi) is 5.84. The van der Waals surface area contributed by atoms with E-state index in [-0.39, 0.29) is 11.9 Å². The number of nitrogens with zero attached hydrogens (tertiary/aromatic N) is 5. The zero-order chi connectivity index (χ0) is 19.3. The third-order valence-electron chi connectivity index (χ3n) is 4.51. The predicted molar refractivity (Wildman–Crippen MR) is 109 cm³/mol. The SMILES string of the molecule is O=C(CC1CNCCN1c1cc(Cl)nc(-n2ccnc2)n1)NCc1cccs1. The fraction of sp³-hybridized carbons (Fsp3) is 0.333. The van der Waals surface area contributed by atoms with E-state index < -0.39 is 0 Å². The molecule has 4 rings (SSSR count). The number of hydrogen-bond acceptors (Lipinski definition) is 7. The summed E-state index contributed by atoms with van der Waals surface area (Å²) in [6.07, 6.45) is 5.43. The average molecular weight is 418 g/mol. The fourth-order valence-electron chi connectivity index (χ4n) is 3.16. The van der Waals surface area contributed by atoms with Gasteiger partial charge in [0.1, 0.15) is 17.3 Å². The van der Waals surface area contributed by atoms with Gasteiger partial charge in [-0.1, -0.05) is 17.7 Å². The van der Waals surface area contributed by atoms with E-state index in [1.54, 1.807) is 40.7 Å². The minimum atomic E-state index is -0.0151. The first kappa shape index (κ1) is 18.9. The number of thiophene rings is 1. The van der Waals surface area contributed by atoms with Gasteiger partial charge in [0, 0.05) is 49.4 Å². The molecule has 1 amide bonds. The lowest BCUT2D eigenvalue weighted by molar-refractivity contribution is -0.121. The number of nitrogens with one attached hydrogen (secondary N) is 2. The summed E-state index contributed by atoms with van der Waals surface area (Å²) in [6.45, 7) is 2.81. The number of carbonyl (C=O) groups excluding carboxylic acids is 1. The Balaban J connectivity index is 1.48. The van der Waals surface area contributed by atoms with Crippen molar-refractivity contribution in [3.05, 3.63) is 52.3 Å². The van der Waals surface area contributed by atoms with Crippen molar-refractivity contribution in [2.75, 3.05) is 24.5 Å². The van der Waals surface area contributed by atoms with Crippen LogP contribution in [0.5, 0.6) is 0 Å². The normalized spacial score (nSPS) is 16.9. The van der Waals surface area contributed by atoms with Crippen LogP contribution in [0.1, 0.15) is 11.3 Å². The maximum atomic E-state index is 12.5. The van der Waals surface area contributed by atoms with Crippen molar-refractivity contribution in [3.8, 4) is 5.95 Å². The minimum absolute atomic E-state index is 0.0151. The number of carbonyl (C=O) groups is 1. The number of anilines is 1. The molecule has 1 aliphatic heterocycles. The van der Waals surface area contributed by atoms with Gasteiger partial charge in [-0.2, -0.15) is 4.98 Å². The molecule has 1 unspecified atom stereocenters. The Bertz CT molecular complexity index is 916. The molecule has 146 valence electrons. The van der Waals surface area contributed by atoms with Crippen LogP contribution >= 0.6 is 22.9 Å². The van der Waals surface area contributed by atoms with Crippen molar-refractivity contribution in [2.24, 2.45) is 0 Å². The van der Waals surface area contributed by atoms with Crippen molar-refractivity contribution in [3.63, 3.8) is 0 Å². The van der Waals surface area contributed by atoms with Gasteiger partial charge in [0.15, 0.2) is 0 Å². The number of imidazole rings is 1. The maximum absolute atomic E-state index is 12.5. The molecule has 0 aliphatic carbocycles. The molecular weight excluding hydrogens is 398 g/mol. The van der Waals surface area contributed by atoms with Crippen LogP contribution in [0, 0.1) is 0 Å². The molecule has 2 N–H and O–H groups in total. The van der Waals surface area contributed by atoms with Crippen molar-refractivity contribution >= 4 is 34.7 Å². The van der Waals surface area contributed by atoms with Crippen molar-refractivity contribution in [1.29, 1.82) is 0 Å². The zero-order valence-corrected chi connectivity index (χ0v) is 16.7. The van der Waals surface area contributed by atoms with E-state index >= 15 is 0 Å². The molecule has 10 heteroatoms. The second kappa shape index (κ2) is 8.68. The van der Waals surface area contributed by atoms with Gasteiger partial charge in [0.25, 0.3) is 0 Å². The predicted octanol–water partition coefficient (Wildman–Crippen LogP) is 1.86. The minimum Gasteiger partial charge on any atom is -0.351 e. The Labute approximate surface area is 171 Å². The molecule has 3 aromatic rings. The van der Waals surface area contributed by atoms with E-state index in [2.05, 4.69) is 30.5 Å². The van der Waals surface area contributed by atoms with E-state index in [0.29, 0.717) is 36.4 Å². The molecular formula is C18H20ClN7OS. The smallest absolute Gasteiger partial charge is 0.238 e. The summed E-state index contributed by atoms with van der Waals surface area (Å²) in [5.41, 5.74) is 0. The molecule has 1 fully saturated rings. The van der Waals surface area contributed by atoms with Crippen LogP contribution in [0.25, 0.3) is 5.95 Å². The Morgan fingerprint density at radius 3 is 3.14 bits per heavy atom. The molecule has 8 nitrogen and oxygen atoms in total. The largest absolute Gasteiger partial charge is 0.351 e. The molecule has 3 aromatic heterocycles. The molecule has 0 spiro atoms. The number of piperazine rings is 1. The highest BCUT2D eigenvalue weighted by atomic mass is 35.5. The molecule has 0 bridgehead atoms. The van der Waals surface area contributed by atoms with Crippen LogP contribution in [-0.2, 0) is 11.3 Å². The molecule has 28 heavy (non-hydrogen) atoms. The number of rotatable bonds is 6. The monoisotopic (exact) mass is 417 g/mol. The average Bonchev–Trinajstić information content (AvgIpc) is 3.40. The van der Waals surface area contributed by atoms with E-state index in [1.807, 2.05) is 17.5 Å². The Morgan fingerprint density at radius 1 is 1.43 bits per heavy atom. The molecule has 0 radical (unpaired) electrons. The molecule has 0 aromatic carbocycles. The molecule has 1 atom stereocenters. The third-order valence-corrected chi connectivity index (χ3v) is 5.58. The highest BCUT2D eigenvalue weighted by molar-refractivity contribution is 7.09. The first-order valence-corrected chi connectivity index (χ1v) is 10.2. The zero-order valence-electron chi connectivity index (χ0n) is 15.1. The van der Waals surface area contributed by atoms with Gasteiger partial charge in [-0.25, -0.2) is 9.97 Å². The van der Waals surface area contributed by atoms with Crippen LogP contribution in [0.15, 0.2) is 42.3 Å². The highest BCUT2D eigenvalue weighted by Gasteiger charge is 2.26. The number of halogens is 1. The van der Waals surface area contributed by atoms with Gasteiger partial charge < -0.3 is 15.5 Å². The van der Waals surface area contributed by atoms with Crippen LogP contribution in [0.4, 0.5) is 5.82 Å². The number of aromatic nitrogens is 4. The summed E-state index contributed by atoms with van der Waals surface area (Å²) in [7, 11) is 0. The summed E-state index contributed by atoms with van der Waals surface area (Å²) >= 11 is 7.87. The van der Waals surface area contributed by atoms with E-state index in [9.17, 15) is 4.79 Å². The summed E-state index contributed by atoms with van der Waals surface area (Å²) in [5, 5.41) is 8.71. The van der Waals surface area contributed by atoms with Gasteiger partial charge in [-0.15, -0.1) is 11.3 Å². The summed E-state index contributed by atoms with van der Waals surface area (Å²) in [5.74, 6) is 1.18. The van der Waals surface area contributed by atoms with E-state index in [0.717, 1.165) is 18.0 Å². The second-order valence-corrected chi connectivity index (χ2v) is 7.85. The molecule has 0 saturated carbocycles. The summed E-state index contributed by atoms with van der Waals surface area (Å²) in [6, 6.07) is 5.72. The summed E-state index contributed by atoms with van der Waals surface area (Å²) < 4.78 is 1.71. The quantitative estimate of drug-likeness (QED) is 0.595. The first-order valence-electron chi connectivity index (χ1n) is 8.98. The number of amides is 1.